The maximum absolute atomic E-state index is 12.2. The fraction of sp³-hybridized carbons (Fsp3) is 0.278. The second-order valence-corrected chi connectivity index (χ2v) is 7.04. The molecule has 122 valence electrons. The summed E-state index contributed by atoms with van der Waals surface area (Å²) >= 11 is 9.41. The molecular formula is C18H21BrClN2O+. The fourth-order valence-electron chi connectivity index (χ4n) is 2.48. The fourth-order valence-corrected chi connectivity index (χ4v) is 3.24. The Morgan fingerprint density at radius 1 is 1.22 bits per heavy atom. The molecule has 2 rings (SSSR count). The van der Waals surface area contributed by atoms with E-state index < -0.39 is 0 Å². The lowest BCUT2D eigenvalue weighted by molar-refractivity contribution is -0.885. The highest BCUT2D eigenvalue weighted by molar-refractivity contribution is 9.10. The Labute approximate surface area is 150 Å². The molecule has 2 aromatic carbocycles. The Kier molecular flexibility index (Phi) is 6.63. The van der Waals surface area contributed by atoms with Crippen LogP contribution in [0.4, 0.5) is 0 Å². The predicted molar refractivity (Wildman–Crippen MR) is 97.6 cm³/mol. The van der Waals surface area contributed by atoms with Crippen LogP contribution < -0.4 is 10.2 Å². The van der Waals surface area contributed by atoms with Gasteiger partial charge in [0.25, 0.3) is 5.91 Å². The summed E-state index contributed by atoms with van der Waals surface area (Å²) in [4.78, 5) is 13.4. The van der Waals surface area contributed by atoms with Crippen molar-refractivity contribution < 1.29 is 9.69 Å². The molecule has 2 aromatic rings. The number of carbonyl (C=O) groups excluding carboxylic acids is 1. The maximum atomic E-state index is 12.2. The lowest BCUT2D eigenvalue weighted by Gasteiger charge is -2.18. The van der Waals surface area contributed by atoms with Crippen molar-refractivity contribution in [1.82, 2.24) is 5.32 Å². The average Bonchev–Trinajstić information content (AvgIpc) is 2.49. The predicted octanol–water partition coefficient (Wildman–Crippen LogP) is 2.99. The largest absolute Gasteiger partial charge is 0.345 e. The number of halogens is 2. The number of hydrogen-bond acceptors (Lipinski definition) is 1. The minimum absolute atomic E-state index is 0.0265. The third-order valence-electron chi connectivity index (χ3n) is 3.63. The molecule has 0 aliphatic carbocycles. The molecule has 0 saturated carbocycles. The number of hydrogen-bond donors (Lipinski definition) is 2. The Hall–Kier alpha value is -1.36. The van der Waals surface area contributed by atoms with Crippen molar-refractivity contribution in [2.45, 2.75) is 19.5 Å². The van der Waals surface area contributed by atoms with Crippen molar-refractivity contribution in [2.24, 2.45) is 0 Å². The van der Waals surface area contributed by atoms with E-state index in [-0.39, 0.29) is 11.9 Å². The van der Waals surface area contributed by atoms with Crippen molar-refractivity contribution in [3.63, 3.8) is 0 Å². The van der Waals surface area contributed by atoms with Crippen LogP contribution in [-0.4, -0.2) is 19.5 Å². The molecule has 0 aromatic heterocycles. The van der Waals surface area contributed by atoms with E-state index in [1.165, 1.54) is 5.56 Å². The summed E-state index contributed by atoms with van der Waals surface area (Å²) in [6, 6.07) is 15.6. The molecule has 1 amide bonds. The zero-order valence-corrected chi connectivity index (χ0v) is 15.6. The first-order valence-electron chi connectivity index (χ1n) is 7.55. The van der Waals surface area contributed by atoms with Gasteiger partial charge in [-0.15, -0.1) is 0 Å². The van der Waals surface area contributed by atoms with Crippen LogP contribution in [0.1, 0.15) is 24.1 Å². The van der Waals surface area contributed by atoms with Crippen molar-refractivity contribution in [3.8, 4) is 0 Å². The SMILES string of the molecule is C[C@@H](NC(=O)C[NH+](C)Cc1ccc(Cl)cc1)c1ccccc1Br. The molecule has 1 unspecified atom stereocenters. The van der Waals surface area contributed by atoms with Gasteiger partial charge in [-0.1, -0.05) is 57.9 Å². The average molecular weight is 397 g/mol. The second kappa shape index (κ2) is 8.48. The third kappa shape index (κ3) is 5.65. The number of nitrogens with one attached hydrogen (secondary N) is 2. The van der Waals surface area contributed by atoms with Crippen LogP contribution in [0, 0.1) is 0 Å². The van der Waals surface area contributed by atoms with Gasteiger partial charge in [0, 0.05) is 15.1 Å². The summed E-state index contributed by atoms with van der Waals surface area (Å²) in [6.45, 7) is 3.21. The van der Waals surface area contributed by atoms with E-state index in [1.54, 1.807) is 0 Å². The highest BCUT2D eigenvalue weighted by Crippen LogP contribution is 2.22. The minimum atomic E-state index is -0.0265. The Bertz CT molecular complexity index is 660. The van der Waals surface area contributed by atoms with Gasteiger partial charge in [-0.25, -0.2) is 0 Å². The quantitative estimate of drug-likeness (QED) is 0.773. The molecule has 0 saturated heterocycles. The Morgan fingerprint density at radius 3 is 2.52 bits per heavy atom. The number of rotatable bonds is 6. The summed E-state index contributed by atoms with van der Waals surface area (Å²) < 4.78 is 1.01. The van der Waals surface area contributed by atoms with Gasteiger partial charge >= 0.3 is 0 Å². The number of carbonyl (C=O) groups is 1. The summed E-state index contributed by atoms with van der Waals surface area (Å²) in [6.07, 6.45) is 0. The van der Waals surface area contributed by atoms with Crippen molar-refractivity contribution in [3.05, 3.63) is 69.2 Å². The van der Waals surface area contributed by atoms with Gasteiger partial charge in [0.1, 0.15) is 6.54 Å². The van der Waals surface area contributed by atoms with E-state index in [1.807, 2.05) is 62.5 Å². The van der Waals surface area contributed by atoms with Gasteiger partial charge in [-0.3, -0.25) is 4.79 Å². The first-order chi connectivity index (χ1) is 11.0. The zero-order chi connectivity index (χ0) is 16.8. The van der Waals surface area contributed by atoms with Crippen LogP contribution in [0.25, 0.3) is 0 Å². The molecule has 0 heterocycles. The standard InChI is InChI=1S/C18H20BrClN2O/c1-13(16-5-3-4-6-17(16)19)21-18(23)12-22(2)11-14-7-9-15(20)10-8-14/h3-10,13H,11-12H2,1-2H3,(H,21,23)/p+1/t13-/m1/s1. The molecule has 2 atom stereocenters. The number of likely N-dealkylation sites (N-methyl/N-ethyl adjacent to an activating group) is 1. The van der Waals surface area contributed by atoms with Crippen LogP contribution in [0.5, 0.6) is 0 Å². The number of quaternary nitrogens is 1. The lowest BCUT2D eigenvalue weighted by Crippen LogP contribution is -3.08. The number of benzene rings is 2. The molecule has 0 bridgehead atoms. The Morgan fingerprint density at radius 2 is 1.87 bits per heavy atom. The van der Waals surface area contributed by atoms with E-state index >= 15 is 0 Å². The third-order valence-corrected chi connectivity index (χ3v) is 4.60. The molecule has 23 heavy (non-hydrogen) atoms. The molecule has 2 N–H and O–H groups in total. The van der Waals surface area contributed by atoms with E-state index in [4.69, 9.17) is 11.6 Å². The lowest BCUT2D eigenvalue weighted by atomic mass is 10.1. The van der Waals surface area contributed by atoms with Crippen LogP contribution in [0.3, 0.4) is 0 Å². The normalized spacial score (nSPS) is 13.4. The summed E-state index contributed by atoms with van der Waals surface area (Å²) in [5, 5.41) is 3.78. The first kappa shape index (κ1) is 18.0. The maximum Gasteiger partial charge on any atom is 0.275 e. The van der Waals surface area contributed by atoms with Gasteiger partial charge in [-0.2, -0.15) is 0 Å². The van der Waals surface area contributed by atoms with E-state index in [0.29, 0.717) is 6.54 Å². The Balaban J connectivity index is 1.86. The van der Waals surface area contributed by atoms with Gasteiger partial charge < -0.3 is 10.2 Å². The minimum Gasteiger partial charge on any atom is -0.345 e. The van der Waals surface area contributed by atoms with Gasteiger partial charge in [0.2, 0.25) is 0 Å². The van der Waals surface area contributed by atoms with E-state index in [2.05, 4.69) is 21.2 Å². The van der Waals surface area contributed by atoms with E-state index in [0.717, 1.165) is 26.5 Å². The van der Waals surface area contributed by atoms with Gasteiger partial charge in [0.05, 0.1) is 13.1 Å². The molecule has 0 aliphatic rings. The van der Waals surface area contributed by atoms with Crippen LogP contribution in [0.2, 0.25) is 5.02 Å². The highest BCUT2D eigenvalue weighted by atomic mass is 79.9. The summed E-state index contributed by atoms with van der Waals surface area (Å²) in [5.74, 6) is 0.0414. The zero-order valence-electron chi connectivity index (χ0n) is 13.3. The summed E-state index contributed by atoms with van der Waals surface area (Å²) in [7, 11) is 2.01. The first-order valence-corrected chi connectivity index (χ1v) is 8.72. The van der Waals surface area contributed by atoms with Gasteiger partial charge in [-0.05, 0) is 30.7 Å². The van der Waals surface area contributed by atoms with Crippen LogP contribution in [0.15, 0.2) is 53.0 Å². The van der Waals surface area contributed by atoms with E-state index in [9.17, 15) is 4.79 Å². The molecule has 0 fully saturated rings. The molecular weight excluding hydrogens is 376 g/mol. The highest BCUT2D eigenvalue weighted by Gasteiger charge is 2.15. The molecule has 0 radical (unpaired) electrons. The summed E-state index contributed by atoms with van der Waals surface area (Å²) in [5.41, 5.74) is 2.25. The number of amides is 1. The smallest absolute Gasteiger partial charge is 0.275 e. The second-order valence-electron chi connectivity index (χ2n) is 5.75. The molecule has 0 spiro atoms. The van der Waals surface area contributed by atoms with Crippen molar-refractivity contribution in [2.75, 3.05) is 13.6 Å². The molecule has 5 heteroatoms. The van der Waals surface area contributed by atoms with Crippen LogP contribution in [-0.2, 0) is 11.3 Å². The molecule has 3 nitrogen and oxygen atoms in total. The van der Waals surface area contributed by atoms with Gasteiger partial charge in [0.15, 0.2) is 6.54 Å². The topological polar surface area (TPSA) is 33.5 Å². The molecule has 0 aliphatic heterocycles. The van der Waals surface area contributed by atoms with Crippen LogP contribution >= 0.6 is 27.5 Å². The monoisotopic (exact) mass is 395 g/mol. The van der Waals surface area contributed by atoms with Crippen molar-refractivity contribution in [1.29, 1.82) is 0 Å². The van der Waals surface area contributed by atoms with Crippen molar-refractivity contribution >= 4 is 33.4 Å².